The zero-order valence-corrected chi connectivity index (χ0v) is 11.9. The van der Waals surface area contributed by atoms with Crippen molar-refractivity contribution >= 4 is 12.2 Å². The molecule has 1 aromatic carbocycles. The van der Waals surface area contributed by atoms with Gasteiger partial charge in [0.15, 0.2) is 4.77 Å². The van der Waals surface area contributed by atoms with Crippen molar-refractivity contribution in [3.63, 3.8) is 0 Å². The summed E-state index contributed by atoms with van der Waals surface area (Å²) in [5.41, 5.74) is 2.62. The first-order chi connectivity index (χ1) is 8.61. The van der Waals surface area contributed by atoms with E-state index >= 15 is 0 Å². The smallest absolute Gasteiger partial charge is 0.195 e. The molecular formula is C14H19N3S. The van der Waals surface area contributed by atoms with E-state index in [0.29, 0.717) is 10.7 Å². The summed E-state index contributed by atoms with van der Waals surface area (Å²) in [5.74, 6) is 1.58. The molecule has 0 bridgehead atoms. The Hall–Kier alpha value is -1.42. The van der Waals surface area contributed by atoms with Crippen LogP contribution in [-0.2, 0) is 13.0 Å². The van der Waals surface area contributed by atoms with Gasteiger partial charge in [-0.1, -0.05) is 45.0 Å². The van der Waals surface area contributed by atoms with Crippen molar-refractivity contribution in [2.24, 2.45) is 0 Å². The van der Waals surface area contributed by atoms with Crippen LogP contribution in [0.15, 0.2) is 24.3 Å². The molecule has 0 spiro atoms. The Morgan fingerprint density at radius 1 is 1.28 bits per heavy atom. The number of hydrogen-bond acceptors (Lipinski definition) is 2. The minimum Gasteiger partial charge on any atom is -0.300 e. The molecule has 0 amide bonds. The van der Waals surface area contributed by atoms with Crippen LogP contribution in [-0.4, -0.2) is 14.8 Å². The molecule has 3 nitrogen and oxygen atoms in total. The average Bonchev–Trinajstić information content (AvgIpc) is 2.71. The second-order valence-corrected chi connectivity index (χ2v) is 5.17. The standard InChI is InChI=1S/C14H19N3S/c1-4-13-15-16-14(18)17(13)9-11-5-7-12(8-6-11)10(2)3/h5-8,10H,4,9H2,1-3H3,(H,16,18). The molecule has 1 N–H and O–H groups in total. The molecule has 4 heteroatoms. The Bertz CT molecular complexity index is 563. The summed E-state index contributed by atoms with van der Waals surface area (Å²) in [5, 5.41) is 7.08. The van der Waals surface area contributed by atoms with E-state index in [-0.39, 0.29) is 0 Å². The summed E-state index contributed by atoms with van der Waals surface area (Å²) in [6.45, 7) is 7.28. The van der Waals surface area contributed by atoms with Crippen molar-refractivity contribution in [3.05, 3.63) is 46.0 Å². The quantitative estimate of drug-likeness (QED) is 0.852. The van der Waals surface area contributed by atoms with E-state index in [1.165, 1.54) is 11.1 Å². The van der Waals surface area contributed by atoms with Crippen LogP contribution in [0, 0.1) is 4.77 Å². The van der Waals surface area contributed by atoms with Gasteiger partial charge in [0.05, 0.1) is 6.54 Å². The molecule has 2 aromatic rings. The van der Waals surface area contributed by atoms with E-state index in [2.05, 4.69) is 59.8 Å². The maximum Gasteiger partial charge on any atom is 0.195 e. The maximum atomic E-state index is 5.25. The van der Waals surface area contributed by atoms with Crippen molar-refractivity contribution in [2.45, 2.75) is 39.7 Å². The van der Waals surface area contributed by atoms with E-state index < -0.39 is 0 Å². The van der Waals surface area contributed by atoms with Crippen LogP contribution in [0.1, 0.15) is 43.6 Å². The van der Waals surface area contributed by atoms with E-state index in [4.69, 9.17) is 12.2 Å². The fraction of sp³-hybridized carbons (Fsp3) is 0.429. The first kappa shape index (κ1) is 13.0. The lowest BCUT2D eigenvalue weighted by Crippen LogP contribution is -2.04. The summed E-state index contributed by atoms with van der Waals surface area (Å²) in [6, 6.07) is 8.72. The van der Waals surface area contributed by atoms with Gasteiger partial charge in [-0.2, -0.15) is 5.10 Å². The van der Waals surface area contributed by atoms with Gasteiger partial charge in [0.2, 0.25) is 0 Å². The molecule has 0 aliphatic heterocycles. The van der Waals surface area contributed by atoms with Crippen LogP contribution in [0.5, 0.6) is 0 Å². The van der Waals surface area contributed by atoms with E-state index in [0.717, 1.165) is 18.8 Å². The number of hydrogen-bond donors (Lipinski definition) is 1. The Balaban J connectivity index is 2.23. The zero-order valence-electron chi connectivity index (χ0n) is 11.1. The highest BCUT2D eigenvalue weighted by atomic mass is 32.1. The lowest BCUT2D eigenvalue weighted by Gasteiger charge is -2.08. The highest BCUT2D eigenvalue weighted by Gasteiger charge is 2.05. The normalized spacial score (nSPS) is 11.1. The third kappa shape index (κ3) is 2.70. The van der Waals surface area contributed by atoms with Crippen LogP contribution in [0.25, 0.3) is 0 Å². The molecule has 96 valence electrons. The predicted octanol–water partition coefficient (Wildman–Crippen LogP) is 3.67. The molecule has 0 radical (unpaired) electrons. The van der Waals surface area contributed by atoms with Crippen LogP contribution >= 0.6 is 12.2 Å². The molecule has 18 heavy (non-hydrogen) atoms. The number of rotatable bonds is 4. The van der Waals surface area contributed by atoms with Gasteiger partial charge in [-0.25, -0.2) is 0 Å². The first-order valence-electron chi connectivity index (χ1n) is 6.34. The van der Waals surface area contributed by atoms with Crippen LogP contribution in [0.3, 0.4) is 0 Å². The van der Waals surface area contributed by atoms with Crippen LogP contribution in [0.4, 0.5) is 0 Å². The van der Waals surface area contributed by atoms with Crippen molar-refractivity contribution in [3.8, 4) is 0 Å². The van der Waals surface area contributed by atoms with E-state index in [1.54, 1.807) is 0 Å². The van der Waals surface area contributed by atoms with Gasteiger partial charge >= 0.3 is 0 Å². The van der Waals surface area contributed by atoms with Gasteiger partial charge < -0.3 is 0 Å². The highest BCUT2D eigenvalue weighted by Crippen LogP contribution is 2.15. The number of aromatic amines is 1. The third-order valence-corrected chi connectivity index (χ3v) is 3.45. The molecule has 0 saturated carbocycles. The number of nitrogens with one attached hydrogen (secondary N) is 1. The third-order valence-electron chi connectivity index (χ3n) is 3.14. The van der Waals surface area contributed by atoms with Crippen molar-refractivity contribution in [1.82, 2.24) is 14.8 Å². The van der Waals surface area contributed by atoms with E-state index in [9.17, 15) is 0 Å². The number of H-pyrrole nitrogens is 1. The second kappa shape index (κ2) is 5.48. The van der Waals surface area contributed by atoms with Crippen molar-refractivity contribution in [2.75, 3.05) is 0 Å². The predicted molar refractivity (Wildman–Crippen MR) is 76.4 cm³/mol. The Morgan fingerprint density at radius 3 is 2.50 bits per heavy atom. The van der Waals surface area contributed by atoms with E-state index in [1.807, 2.05) is 0 Å². The Morgan fingerprint density at radius 2 is 1.94 bits per heavy atom. The molecule has 1 aromatic heterocycles. The molecule has 2 rings (SSSR count). The Labute approximate surface area is 113 Å². The molecule has 0 saturated heterocycles. The van der Waals surface area contributed by atoms with Gasteiger partial charge in [-0.3, -0.25) is 9.67 Å². The van der Waals surface area contributed by atoms with Crippen LogP contribution < -0.4 is 0 Å². The molecule has 0 atom stereocenters. The summed E-state index contributed by atoms with van der Waals surface area (Å²) in [4.78, 5) is 0. The van der Waals surface area contributed by atoms with Gasteiger partial charge in [-0.15, -0.1) is 0 Å². The number of nitrogens with zero attached hydrogens (tertiary/aromatic N) is 2. The number of benzene rings is 1. The number of aromatic nitrogens is 3. The maximum absolute atomic E-state index is 5.25. The molecular weight excluding hydrogens is 242 g/mol. The largest absolute Gasteiger partial charge is 0.300 e. The number of aryl methyl sites for hydroxylation is 1. The van der Waals surface area contributed by atoms with Gasteiger partial charge in [-0.05, 0) is 29.3 Å². The highest BCUT2D eigenvalue weighted by molar-refractivity contribution is 7.71. The molecule has 1 heterocycles. The average molecular weight is 261 g/mol. The van der Waals surface area contributed by atoms with Crippen LogP contribution in [0.2, 0.25) is 0 Å². The minimum absolute atomic E-state index is 0.571. The second-order valence-electron chi connectivity index (χ2n) is 4.78. The fourth-order valence-electron chi connectivity index (χ4n) is 1.97. The Kier molecular flexibility index (Phi) is 3.97. The van der Waals surface area contributed by atoms with Crippen molar-refractivity contribution < 1.29 is 0 Å². The van der Waals surface area contributed by atoms with Crippen molar-refractivity contribution in [1.29, 1.82) is 0 Å². The summed E-state index contributed by atoms with van der Waals surface area (Å²) < 4.78 is 2.75. The van der Waals surface area contributed by atoms with Gasteiger partial charge in [0.25, 0.3) is 0 Å². The van der Waals surface area contributed by atoms with Gasteiger partial charge in [0.1, 0.15) is 5.82 Å². The lowest BCUT2D eigenvalue weighted by molar-refractivity contribution is 0.723. The topological polar surface area (TPSA) is 33.6 Å². The first-order valence-corrected chi connectivity index (χ1v) is 6.75. The molecule has 0 fully saturated rings. The molecule has 0 unspecified atom stereocenters. The summed E-state index contributed by atoms with van der Waals surface area (Å²) in [7, 11) is 0. The zero-order chi connectivity index (χ0) is 13.1. The fourth-order valence-corrected chi connectivity index (χ4v) is 2.19. The SMILES string of the molecule is CCc1n[nH]c(=S)n1Cc1ccc(C(C)C)cc1. The summed E-state index contributed by atoms with van der Waals surface area (Å²) in [6.07, 6.45) is 0.886. The minimum atomic E-state index is 0.571. The summed E-state index contributed by atoms with van der Waals surface area (Å²) >= 11 is 5.25. The molecule has 0 aliphatic rings. The van der Waals surface area contributed by atoms with Gasteiger partial charge in [0, 0.05) is 6.42 Å². The lowest BCUT2D eigenvalue weighted by atomic mass is 10.0. The molecule has 0 aliphatic carbocycles. The monoisotopic (exact) mass is 261 g/mol.